The molecular formula is C12H19N3S. The summed E-state index contributed by atoms with van der Waals surface area (Å²) in [6, 6.07) is 3.82. The van der Waals surface area contributed by atoms with Crippen LogP contribution in [0.1, 0.15) is 38.3 Å². The van der Waals surface area contributed by atoms with Crippen LogP contribution in [0.25, 0.3) is 0 Å². The molecule has 0 unspecified atom stereocenters. The lowest BCUT2D eigenvalue weighted by molar-refractivity contribution is 0.685. The first-order valence-electron chi connectivity index (χ1n) is 5.73. The summed E-state index contributed by atoms with van der Waals surface area (Å²) in [7, 11) is 0. The molecule has 0 aliphatic carbocycles. The van der Waals surface area contributed by atoms with E-state index in [4.69, 9.17) is 18.0 Å². The van der Waals surface area contributed by atoms with Crippen molar-refractivity contribution in [2.24, 2.45) is 5.73 Å². The quantitative estimate of drug-likeness (QED) is 0.565. The molecule has 16 heavy (non-hydrogen) atoms. The van der Waals surface area contributed by atoms with Gasteiger partial charge in [0.2, 0.25) is 0 Å². The van der Waals surface area contributed by atoms with E-state index in [-0.39, 0.29) is 0 Å². The van der Waals surface area contributed by atoms with Gasteiger partial charge in [-0.1, -0.05) is 38.4 Å². The minimum absolute atomic E-state index is 0.342. The fourth-order valence-electron chi connectivity index (χ4n) is 1.46. The lowest BCUT2D eigenvalue weighted by Gasteiger charge is -2.07. The SMILES string of the molecule is CCCCCCNc1ccnc(C(N)=S)c1. The van der Waals surface area contributed by atoms with Crippen molar-refractivity contribution in [3.05, 3.63) is 24.0 Å². The minimum atomic E-state index is 0.342. The highest BCUT2D eigenvalue weighted by molar-refractivity contribution is 7.80. The highest BCUT2D eigenvalue weighted by Gasteiger charge is 1.98. The number of nitrogens with zero attached hydrogens (tertiary/aromatic N) is 1. The molecule has 1 heterocycles. The Morgan fingerprint density at radius 3 is 2.94 bits per heavy atom. The van der Waals surface area contributed by atoms with Gasteiger partial charge in [0.1, 0.15) is 4.99 Å². The standard InChI is InChI=1S/C12H19N3S/c1-2-3-4-5-7-14-10-6-8-15-11(9-10)12(13)16/h6,8-9H,2-5,7H2,1H3,(H2,13,16)(H,14,15). The van der Waals surface area contributed by atoms with Crippen LogP contribution in [-0.2, 0) is 0 Å². The second-order valence-electron chi connectivity index (χ2n) is 3.78. The van der Waals surface area contributed by atoms with Gasteiger partial charge < -0.3 is 11.1 Å². The van der Waals surface area contributed by atoms with E-state index in [1.807, 2.05) is 12.1 Å². The van der Waals surface area contributed by atoms with Gasteiger partial charge in [-0.2, -0.15) is 0 Å². The van der Waals surface area contributed by atoms with Crippen molar-refractivity contribution in [1.82, 2.24) is 4.98 Å². The molecule has 88 valence electrons. The van der Waals surface area contributed by atoms with Crippen LogP contribution in [0.3, 0.4) is 0 Å². The van der Waals surface area contributed by atoms with Crippen LogP contribution in [0, 0.1) is 0 Å². The summed E-state index contributed by atoms with van der Waals surface area (Å²) in [5, 5.41) is 3.34. The molecule has 0 radical (unpaired) electrons. The largest absolute Gasteiger partial charge is 0.388 e. The number of unbranched alkanes of at least 4 members (excludes halogenated alkanes) is 3. The van der Waals surface area contributed by atoms with Crippen molar-refractivity contribution in [2.45, 2.75) is 32.6 Å². The summed E-state index contributed by atoms with van der Waals surface area (Å²) in [5.41, 5.74) is 7.23. The highest BCUT2D eigenvalue weighted by atomic mass is 32.1. The predicted octanol–water partition coefficient (Wildman–Crippen LogP) is 2.71. The number of nitrogens with two attached hydrogens (primary N) is 1. The summed E-state index contributed by atoms with van der Waals surface area (Å²) in [5.74, 6) is 0. The zero-order valence-electron chi connectivity index (χ0n) is 9.70. The second-order valence-corrected chi connectivity index (χ2v) is 4.22. The number of anilines is 1. The van der Waals surface area contributed by atoms with Crippen LogP contribution in [0.2, 0.25) is 0 Å². The Morgan fingerprint density at radius 2 is 2.25 bits per heavy atom. The Hall–Kier alpha value is -1.16. The summed E-state index contributed by atoms with van der Waals surface area (Å²) >= 11 is 4.88. The molecule has 0 aromatic carbocycles. The molecule has 4 heteroatoms. The van der Waals surface area contributed by atoms with Gasteiger partial charge in [0.25, 0.3) is 0 Å². The average Bonchev–Trinajstić information content (AvgIpc) is 2.29. The van der Waals surface area contributed by atoms with Gasteiger partial charge in [0.05, 0.1) is 5.69 Å². The molecule has 3 N–H and O–H groups in total. The first-order valence-corrected chi connectivity index (χ1v) is 6.14. The molecule has 3 nitrogen and oxygen atoms in total. The van der Waals surface area contributed by atoms with Gasteiger partial charge in [0.15, 0.2) is 0 Å². The number of nitrogens with one attached hydrogen (secondary N) is 1. The molecule has 0 atom stereocenters. The van der Waals surface area contributed by atoms with E-state index in [9.17, 15) is 0 Å². The molecule has 0 saturated carbocycles. The third-order valence-corrected chi connectivity index (χ3v) is 2.58. The number of thiocarbonyl (C=S) groups is 1. The first-order chi connectivity index (χ1) is 7.74. The average molecular weight is 237 g/mol. The third kappa shape index (κ3) is 4.57. The van der Waals surface area contributed by atoms with Gasteiger partial charge >= 0.3 is 0 Å². The van der Waals surface area contributed by atoms with E-state index in [1.165, 1.54) is 25.7 Å². The monoisotopic (exact) mass is 237 g/mol. The summed E-state index contributed by atoms with van der Waals surface area (Å²) in [6.45, 7) is 3.20. The Bertz CT molecular complexity index is 339. The normalized spacial score (nSPS) is 10.1. The lowest BCUT2D eigenvalue weighted by Crippen LogP contribution is -2.12. The van der Waals surface area contributed by atoms with Crippen molar-refractivity contribution >= 4 is 22.9 Å². The first kappa shape index (κ1) is 12.9. The zero-order chi connectivity index (χ0) is 11.8. The zero-order valence-corrected chi connectivity index (χ0v) is 10.5. The van der Waals surface area contributed by atoms with Gasteiger partial charge in [-0.05, 0) is 18.6 Å². The van der Waals surface area contributed by atoms with Crippen LogP contribution in [0.15, 0.2) is 18.3 Å². The van der Waals surface area contributed by atoms with Crippen molar-refractivity contribution in [3.63, 3.8) is 0 Å². The molecular weight excluding hydrogens is 218 g/mol. The minimum Gasteiger partial charge on any atom is -0.388 e. The summed E-state index contributed by atoms with van der Waals surface area (Å²) < 4.78 is 0. The molecule has 0 aliphatic heterocycles. The number of aromatic nitrogens is 1. The molecule has 0 aliphatic rings. The molecule has 1 aromatic rings. The van der Waals surface area contributed by atoms with Crippen molar-refractivity contribution < 1.29 is 0 Å². The predicted molar refractivity (Wildman–Crippen MR) is 72.8 cm³/mol. The van der Waals surface area contributed by atoms with Crippen molar-refractivity contribution in [3.8, 4) is 0 Å². The van der Waals surface area contributed by atoms with Crippen molar-refractivity contribution in [1.29, 1.82) is 0 Å². The van der Waals surface area contributed by atoms with Gasteiger partial charge in [-0.3, -0.25) is 4.98 Å². The Balaban J connectivity index is 2.36. The molecule has 1 aromatic heterocycles. The maximum Gasteiger partial charge on any atom is 0.122 e. The molecule has 0 amide bonds. The van der Waals surface area contributed by atoms with Crippen LogP contribution in [0.5, 0.6) is 0 Å². The number of rotatable bonds is 7. The highest BCUT2D eigenvalue weighted by Crippen LogP contribution is 2.08. The van der Waals surface area contributed by atoms with Gasteiger partial charge in [-0.15, -0.1) is 0 Å². The fraction of sp³-hybridized carbons (Fsp3) is 0.500. The molecule has 0 spiro atoms. The Morgan fingerprint density at radius 1 is 1.44 bits per heavy atom. The molecule has 1 rings (SSSR count). The fourth-order valence-corrected chi connectivity index (χ4v) is 1.57. The summed E-state index contributed by atoms with van der Waals surface area (Å²) in [4.78, 5) is 4.43. The van der Waals surface area contributed by atoms with E-state index < -0.39 is 0 Å². The van der Waals surface area contributed by atoms with E-state index in [0.717, 1.165) is 12.2 Å². The van der Waals surface area contributed by atoms with E-state index >= 15 is 0 Å². The van der Waals surface area contributed by atoms with Crippen LogP contribution >= 0.6 is 12.2 Å². The van der Waals surface area contributed by atoms with Crippen LogP contribution in [-0.4, -0.2) is 16.5 Å². The maximum absolute atomic E-state index is 5.52. The van der Waals surface area contributed by atoms with Gasteiger partial charge in [0, 0.05) is 18.4 Å². The number of pyridine rings is 1. The van der Waals surface area contributed by atoms with E-state index in [0.29, 0.717) is 10.7 Å². The third-order valence-electron chi connectivity index (χ3n) is 2.37. The van der Waals surface area contributed by atoms with Gasteiger partial charge in [-0.25, -0.2) is 0 Å². The molecule has 0 fully saturated rings. The van der Waals surface area contributed by atoms with Crippen LogP contribution < -0.4 is 11.1 Å². The van der Waals surface area contributed by atoms with E-state index in [2.05, 4.69) is 17.2 Å². The van der Waals surface area contributed by atoms with E-state index in [1.54, 1.807) is 6.20 Å². The number of hydrogen-bond acceptors (Lipinski definition) is 3. The van der Waals surface area contributed by atoms with Crippen molar-refractivity contribution in [2.75, 3.05) is 11.9 Å². The Kier molecular flexibility index (Phi) is 5.78. The van der Waals surface area contributed by atoms with Crippen LogP contribution in [0.4, 0.5) is 5.69 Å². The molecule has 0 bridgehead atoms. The number of hydrogen-bond donors (Lipinski definition) is 2. The maximum atomic E-state index is 5.52. The topological polar surface area (TPSA) is 50.9 Å². The Labute approximate surface area is 102 Å². The smallest absolute Gasteiger partial charge is 0.122 e. The summed E-state index contributed by atoms with van der Waals surface area (Å²) in [6.07, 6.45) is 6.76. The molecule has 0 saturated heterocycles. The lowest BCUT2D eigenvalue weighted by atomic mass is 10.2. The second kappa shape index (κ2) is 7.17.